The molecule has 1 unspecified atom stereocenters. The molecule has 0 saturated carbocycles. The zero-order valence-corrected chi connectivity index (χ0v) is 11.6. The van der Waals surface area contributed by atoms with Crippen molar-refractivity contribution in [3.8, 4) is 0 Å². The van der Waals surface area contributed by atoms with Crippen LogP contribution in [-0.2, 0) is 11.2 Å². The average molecular weight is 288 g/mol. The Morgan fingerprint density at radius 3 is 2.62 bits per heavy atom. The molecule has 0 radical (unpaired) electrons. The summed E-state index contributed by atoms with van der Waals surface area (Å²) in [7, 11) is 0. The highest BCUT2D eigenvalue weighted by Gasteiger charge is 2.22. The zero-order valence-electron chi connectivity index (χ0n) is 11.6. The highest BCUT2D eigenvalue weighted by molar-refractivity contribution is 5.97. The summed E-state index contributed by atoms with van der Waals surface area (Å²) in [5.74, 6) is -1.19. The van der Waals surface area contributed by atoms with Crippen molar-refractivity contribution in [3.05, 3.63) is 53.4 Å². The molecule has 0 aliphatic rings. The summed E-state index contributed by atoms with van der Waals surface area (Å²) in [4.78, 5) is 23.2. The van der Waals surface area contributed by atoms with Gasteiger partial charge in [-0.3, -0.25) is 4.79 Å². The van der Waals surface area contributed by atoms with E-state index in [2.05, 4.69) is 10.5 Å². The molecule has 2 N–H and O–H groups in total. The second-order valence-electron chi connectivity index (χ2n) is 4.68. The van der Waals surface area contributed by atoms with Crippen LogP contribution in [-0.4, -0.2) is 28.2 Å². The van der Waals surface area contributed by atoms with Gasteiger partial charge in [0.15, 0.2) is 0 Å². The van der Waals surface area contributed by atoms with E-state index in [1.165, 1.54) is 6.20 Å². The molecule has 0 saturated heterocycles. The molecule has 0 bridgehead atoms. The number of nitrogens with zero attached hydrogens (tertiary/aromatic N) is 1. The molecule has 0 aliphatic carbocycles. The minimum Gasteiger partial charge on any atom is -0.480 e. The molecule has 6 heteroatoms. The van der Waals surface area contributed by atoms with Crippen LogP contribution in [0.3, 0.4) is 0 Å². The quantitative estimate of drug-likeness (QED) is 0.845. The molecule has 1 atom stereocenters. The van der Waals surface area contributed by atoms with Gasteiger partial charge in [0.05, 0.1) is 6.20 Å². The smallest absolute Gasteiger partial charge is 0.326 e. The molecule has 110 valence electrons. The van der Waals surface area contributed by atoms with Crippen LogP contribution in [0, 0.1) is 6.92 Å². The largest absolute Gasteiger partial charge is 0.480 e. The van der Waals surface area contributed by atoms with Gasteiger partial charge in [-0.1, -0.05) is 35.5 Å². The molecule has 1 heterocycles. The molecule has 0 spiro atoms. The van der Waals surface area contributed by atoms with E-state index in [0.717, 1.165) is 5.56 Å². The molecule has 1 amide bonds. The van der Waals surface area contributed by atoms with E-state index in [0.29, 0.717) is 18.6 Å². The van der Waals surface area contributed by atoms with Gasteiger partial charge in [0.1, 0.15) is 17.4 Å². The second kappa shape index (κ2) is 6.69. The lowest BCUT2D eigenvalue weighted by Gasteiger charge is -2.14. The number of carbonyl (C=O) groups is 2. The summed E-state index contributed by atoms with van der Waals surface area (Å²) in [6.45, 7) is 1.60. The maximum absolute atomic E-state index is 12.0. The van der Waals surface area contributed by atoms with Crippen molar-refractivity contribution in [1.82, 2.24) is 10.5 Å². The van der Waals surface area contributed by atoms with Crippen molar-refractivity contribution in [1.29, 1.82) is 0 Å². The maximum Gasteiger partial charge on any atom is 0.326 e. The van der Waals surface area contributed by atoms with Crippen LogP contribution >= 0.6 is 0 Å². The first kappa shape index (κ1) is 14.8. The molecule has 1 aromatic carbocycles. The van der Waals surface area contributed by atoms with Gasteiger partial charge in [-0.15, -0.1) is 0 Å². The maximum atomic E-state index is 12.0. The molecular weight excluding hydrogens is 272 g/mol. The second-order valence-corrected chi connectivity index (χ2v) is 4.68. The Labute approximate surface area is 121 Å². The molecule has 1 aromatic heterocycles. The van der Waals surface area contributed by atoms with Gasteiger partial charge in [-0.25, -0.2) is 4.79 Å². The number of hydrogen-bond acceptors (Lipinski definition) is 4. The Bertz CT molecular complexity index is 622. The predicted octanol–water partition coefficient (Wildman–Crippen LogP) is 1.80. The number of carboxylic acids is 1. The number of carbonyl (C=O) groups excluding carboxylic acids is 1. The number of aliphatic carboxylic acids is 1. The van der Waals surface area contributed by atoms with Crippen LogP contribution in [0.15, 0.2) is 41.1 Å². The third kappa shape index (κ3) is 3.92. The lowest BCUT2D eigenvalue weighted by molar-refractivity contribution is -0.139. The first-order chi connectivity index (χ1) is 10.1. The number of rotatable bonds is 6. The molecule has 2 aromatic rings. The third-order valence-corrected chi connectivity index (χ3v) is 3.16. The van der Waals surface area contributed by atoms with E-state index >= 15 is 0 Å². The molecule has 21 heavy (non-hydrogen) atoms. The highest BCUT2D eigenvalue weighted by atomic mass is 16.5. The van der Waals surface area contributed by atoms with Crippen molar-refractivity contribution < 1.29 is 19.2 Å². The fourth-order valence-corrected chi connectivity index (χ4v) is 1.97. The fraction of sp³-hybridized carbons (Fsp3) is 0.267. The molecule has 0 fully saturated rings. The lowest BCUT2D eigenvalue weighted by atomic mass is 10.0. The molecule has 0 aliphatic heterocycles. The van der Waals surface area contributed by atoms with E-state index in [9.17, 15) is 14.7 Å². The summed E-state index contributed by atoms with van der Waals surface area (Å²) >= 11 is 0. The Balaban J connectivity index is 1.98. The fourth-order valence-electron chi connectivity index (χ4n) is 1.97. The number of hydrogen-bond donors (Lipinski definition) is 2. The molecule has 2 rings (SSSR count). The predicted molar refractivity (Wildman–Crippen MR) is 74.9 cm³/mol. The summed E-state index contributed by atoms with van der Waals surface area (Å²) in [5.41, 5.74) is 1.28. The van der Waals surface area contributed by atoms with Gasteiger partial charge < -0.3 is 14.9 Å². The van der Waals surface area contributed by atoms with E-state index in [1.807, 2.05) is 30.3 Å². The summed E-state index contributed by atoms with van der Waals surface area (Å²) in [6.07, 6.45) is 2.16. The van der Waals surface area contributed by atoms with Gasteiger partial charge in [0.2, 0.25) is 0 Å². The number of amides is 1. The average Bonchev–Trinajstić information content (AvgIpc) is 2.90. The van der Waals surface area contributed by atoms with E-state index in [-0.39, 0.29) is 5.56 Å². The first-order valence-corrected chi connectivity index (χ1v) is 6.57. The number of benzene rings is 1. The summed E-state index contributed by atoms with van der Waals surface area (Å²) in [6, 6.07) is 8.57. The number of aryl methyl sites for hydroxylation is 2. The molecular formula is C15H16N2O4. The first-order valence-electron chi connectivity index (χ1n) is 6.57. The Kier molecular flexibility index (Phi) is 4.71. The standard InChI is InChI=1S/C15H16N2O4/c1-10-12(9-16-21-10)14(18)17-13(15(19)20)8-7-11-5-3-2-4-6-11/h2-6,9,13H,7-8H2,1H3,(H,17,18)(H,19,20). The SMILES string of the molecule is Cc1oncc1C(=O)NC(CCc1ccccc1)C(=O)O. The molecule has 6 nitrogen and oxygen atoms in total. The van der Waals surface area contributed by atoms with E-state index in [4.69, 9.17) is 4.52 Å². The highest BCUT2D eigenvalue weighted by Crippen LogP contribution is 2.09. The van der Waals surface area contributed by atoms with Gasteiger partial charge in [0.25, 0.3) is 5.91 Å². The van der Waals surface area contributed by atoms with Crippen molar-refractivity contribution >= 4 is 11.9 Å². The van der Waals surface area contributed by atoms with Crippen LogP contribution in [0.2, 0.25) is 0 Å². The van der Waals surface area contributed by atoms with Gasteiger partial charge >= 0.3 is 5.97 Å². The number of nitrogens with one attached hydrogen (secondary N) is 1. The van der Waals surface area contributed by atoms with Gasteiger partial charge in [-0.2, -0.15) is 0 Å². The Morgan fingerprint density at radius 1 is 1.33 bits per heavy atom. The number of aromatic nitrogens is 1. The monoisotopic (exact) mass is 288 g/mol. The summed E-state index contributed by atoms with van der Waals surface area (Å²) < 4.78 is 4.80. The topological polar surface area (TPSA) is 92.4 Å². The van der Waals surface area contributed by atoms with Crippen LogP contribution in [0.25, 0.3) is 0 Å². The van der Waals surface area contributed by atoms with Crippen molar-refractivity contribution in [2.45, 2.75) is 25.8 Å². The van der Waals surface area contributed by atoms with Gasteiger partial charge in [-0.05, 0) is 25.3 Å². The minimum atomic E-state index is -1.06. The van der Waals surface area contributed by atoms with Crippen LogP contribution in [0.5, 0.6) is 0 Å². The van der Waals surface area contributed by atoms with Crippen molar-refractivity contribution in [2.75, 3.05) is 0 Å². The zero-order chi connectivity index (χ0) is 15.2. The van der Waals surface area contributed by atoms with Crippen LogP contribution in [0.1, 0.15) is 28.1 Å². The van der Waals surface area contributed by atoms with Crippen LogP contribution < -0.4 is 5.32 Å². The third-order valence-electron chi connectivity index (χ3n) is 3.16. The van der Waals surface area contributed by atoms with E-state index < -0.39 is 17.9 Å². The summed E-state index contributed by atoms with van der Waals surface area (Å²) in [5, 5.41) is 15.2. The normalized spacial score (nSPS) is 11.9. The Hall–Kier alpha value is -2.63. The van der Waals surface area contributed by atoms with Crippen molar-refractivity contribution in [3.63, 3.8) is 0 Å². The lowest BCUT2D eigenvalue weighted by Crippen LogP contribution is -2.41. The minimum absolute atomic E-state index is 0.251. The van der Waals surface area contributed by atoms with Crippen molar-refractivity contribution in [2.24, 2.45) is 0 Å². The van der Waals surface area contributed by atoms with E-state index in [1.54, 1.807) is 6.92 Å². The van der Waals surface area contributed by atoms with Gasteiger partial charge in [0, 0.05) is 0 Å². The number of carboxylic acid groups (broad SMARTS) is 1. The van der Waals surface area contributed by atoms with Crippen LogP contribution in [0.4, 0.5) is 0 Å². The Morgan fingerprint density at radius 2 is 2.05 bits per heavy atom.